The van der Waals surface area contributed by atoms with Crippen molar-refractivity contribution < 1.29 is 14.3 Å². The van der Waals surface area contributed by atoms with Gasteiger partial charge in [-0.05, 0) is 56.9 Å². The molecular weight excluding hydrogens is 432 g/mol. The second-order valence-electron chi connectivity index (χ2n) is 9.36. The molecule has 4 rings (SSSR count). The van der Waals surface area contributed by atoms with Gasteiger partial charge in [0.1, 0.15) is 17.4 Å². The monoisotopic (exact) mass is 464 g/mol. The highest BCUT2D eigenvalue weighted by atomic mass is 16.6. The van der Waals surface area contributed by atoms with Gasteiger partial charge in [-0.15, -0.1) is 0 Å². The second-order valence-corrected chi connectivity index (χ2v) is 9.36. The van der Waals surface area contributed by atoms with E-state index in [1.54, 1.807) is 29.0 Å². The van der Waals surface area contributed by atoms with Crippen LogP contribution >= 0.6 is 0 Å². The number of allylic oxidation sites excluding steroid dienone is 3. The van der Waals surface area contributed by atoms with Crippen molar-refractivity contribution in [3.63, 3.8) is 0 Å². The third-order valence-corrected chi connectivity index (χ3v) is 6.76. The van der Waals surface area contributed by atoms with E-state index in [0.717, 1.165) is 17.5 Å². The van der Waals surface area contributed by atoms with Crippen molar-refractivity contribution >= 4 is 23.7 Å². The molecule has 1 aromatic heterocycles. The molecule has 0 bridgehead atoms. The van der Waals surface area contributed by atoms with Gasteiger partial charge >= 0.3 is 6.09 Å². The predicted octanol–water partition coefficient (Wildman–Crippen LogP) is 3.61. The third kappa shape index (κ3) is 4.60. The van der Waals surface area contributed by atoms with Crippen molar-refractivity contribution in [3.8, 4) is 0 Å². The molecule has 1 unspecified atom stereocenters. The second kappa shape index (κ2) is 9.40. The average Bonchev–Trinajstić information content (AvgIpc) is 3.15. The van der Waals surface area contributed by atoms with Crippen LogP contribution in [0.2, 0.25) is 0 Å². The van der Waals surface area contributed by atoms with Gasteiger partial charge < -0.3 is 19.9 Å². The molecule has 1 saturated heterocycles. The van der Waals surface area contributed by atoms with Crippen LogP contribution in [0.5, 0.6) is 0 Å². The van der Waals surface area contributed by atoms with Crippen molar-refractivity contribution in [1.29, 1.82) is 10.8 Å². The first kappa shape index (κ1) is 23.7. The van der Waals surface area contributed by atoms with Crippen LogP contribution in [0.3, 0.4) is 0 Å². The molecular formula is C25H32N6O3. The first-order valence-corrected chi connectivity index (χ1v) is 11.8. The van der Waals surface area contributed by atoms with E-state index >= 15 is 0 Å². The van der Waals surface area contributed by atoms with E-state index in [-0.39, 0.29) is 23.7 Å². The summed E-state index contributed by atoms with van der Waals surface area (Å²) in [5.41, 5.74) is 2.29. The molecule has 0 spiro atoms. The highest BCUT2D eigenvalue weighted by molar-refractivity contribution is 6.03. The Morgan fingerprint density at radius 1 is 1.32 bits per heavy atom. The normalized spacial score (nSPS) is 23.9. The van der Waals surface area contributed by atoms with Crippen LogP contribution in [0.15, 0.2) is 36.2 Å². The van der Waals surface area contributed by atoms with Gasteiger partial charge in [-0.3, -0.25) is 20.6 Å². The largest absolute Gasteiger partial charge is 0.450 e. The predicted molar refractivity (Wildman–Crippen MR) is 129 cm³/mol. The minimum atomic E-state index is -0.619. The maximum absolute atomic E-state index is 13.0. The lowest BCUT2D eigenvalue weighted by atomic mass is 9.80. The number of hydrogen-bond donors (Lipinski definition) is 3. The Bertz CT molecular complexity index is 1090. The molecule has 180 valence electrons. The fourth-order valence-electron chi connectivity index (χ4n) is 4.77. The van der Waals surface area contributed by atoms with Crippen LogP contribution in [0.25, 0.3) is 0 Å². The van der Waals surface area contributed by atoms with Crippen LogP contribution in [0.1, 0.15) is 61.6 Å². The van der Waals surface area contributed by atoms with E-state index < -0.39 is 5.41 Å². The SMILES string of the molecule is CCOC(=O)N1CCc2cnc(C(=O)NC3=CC=CC(C)(C(=N)N4C(=N)CC[C@H]4C)C3)cc2C1. The molecule has 9 nitrogen and oxygen atoms in total. The summed E-state index contributed by atoms with van der Waals surface area (Å²) in [5.74, 6) is 0.528. The van der Waals surface area contributed by atoms with Crippen molar-refractivity contribution in [2.75, 3.05) is 13.2 Å². The number of likely N-dealkylation sites (tertiary alicyclic amines) is 1. The van der Waals surface area contributed by atoms with E-state index in [1.807, 2.05) is 32.1 Å². The van der Waals surface area contributed by atoms with E-state index in [4.69, 9.17) is 15.6 Å². The number of carbonyl (C=O) groups is 2. The van der Waals surface area contributed by atoms with Crippen molar-refractivity contribution in [2.45, 2.75) is 59.0 Å². The number of ether oxygens (including phenoxy) is 1. The summed E-state index contributed by atoms with van der Waals surface area (Å²) >= 11 is 0. The van der Waals surface area contributed by atoms with Gasteiger partial charge in [0.15, 0.2) is 0 Å². The number of carbonyl (C=O) groups excluding carboxylic acids is 2. The molecule has 3 aliphatic rings. The topological polar surface area (TPSA) is 122 Å². The quantitative estimate of drug-likeness (QED) is 0.464. The Hall–Kier alpha value is -3.49. The summed E-state index contributed by atoms with van der Waals surface area (Å²) in [6.45, 7) is 7.05. The molecule has 0 aromatic carbocycles. The van der Waals surface area contributed by atoms with E-state index in [0.29, 0.717) is 56.3 Å². The van der Waals surface area contributed by atoms with Crippen molar-refractivity contribution in [1.82, 2.24) is 20.1 Å². The minimum Gasteiger partial charge on any atom is -0.450 e. The standard InChI is InChI=1S/C25H32N6O3/c1-4-34-24(33)30-11-9-17-14-28-20(12-18(17)15-30)22(32)29-19-6-5-10-25(3,13-19)23(27)31-16(2)7-8-21(31)26/h5-6,10,12,14,16,26-27H,4,7-9,11,13,15H2,1-3H3,(H,29,32)/t16-,25?/m1/s1. The molecule has 2 atom stereocenters. The smallest absolute Gasteiger partial charge is 0.410 e. The van der Waals surface area contributed by atoms with Gasteiger partial charge in [0.25, 0.3) is 5.91 Å². The van der Waals surface area contributed by atoms with Gasteiger partial charge in [0.2, 0.25) is 0 Å². The van der Waals surface area contributed by atoms with Gasteiger partial charge in [0.05, 0.1) is 6.61 Å². The van der Waals surface area contributed by atoms with Crippen LogP contribution in [0, 0.1) is 16.2 Å². The van der Waals surface area contributed by atoms with Gasteiger partial charge in [0, 0.05) is 49.3 Å². The average molecular weight is 465 g/mol. The molecule has 0 radical (unpaired) electrons. The van der Waals surface area contributed by atoms with E-state index in [2.05, 4.69) is 10.3 Å². The van der Waals surface area contributed by atoms with Crippen LogP contribution < -0.4 is 5.32 Å². The molecule has 1 aromatic rings. The van der Waals surface area contributed by atoms with Gasteiger partial charge in [-0.2, -0.15) is 0 Å². The number of fused-ring (bicyclic) bond motifs is 1. The molecule has 3 N–H and O–H groups in total. The summed E-state index contributed by atoms with van der Waals surface area (Å²) in [4.78, 5) is 32.9. The first-order chi connectivity index (χ1) is 16.2. The molecule has 0 saturated carbocycles. The number of aromatic nitrogens is 1. The Balaban J connectivity index is 1.44. The zero-order valence-electron chi connectivity index (χ0n) is 20.0. The fraction of sp³-hybridized carbons (Fsp3) is 0.480. The number of pyridine rings is 1. The maximum atomic E-state index is 13.0. The summed E-state index contributed by atoms with van der Waals surface area (Å²) < 4.78 is 5.11. The van der Waals surface area contributed by atoms with Crippen LogP contribution in [-0.4, -0.2) is 57.6 Å². The highest BCUT2D eigenvalue weighted by Gasteiger charge is 2.39. The van der Waals surface area contributed by atoms with Crippen LogP contribution in [0.4, 0.5) is 4.79 Å². The first-order valence-electron chi connectivity index (χ1n) is 11.8. The molecule has 1 aliphatic carbocycles. The van der Waals surface area contributed by atoms with E-state index in [1.165, 1.54) is 0 Å². The Morgan fingerprint density at radius 2 is 2.12 bits per heavy atom. The third-order valence-electron chi connectivity index (χ3n) is 6.76. The maximum Gasteiger partial charge on any atom is 0.410 e. The molecule has 9 heteroatoms. The molecule has 2 aliphatic heterocycles. The molecule has 2 amide bonds. The molecule has 1 fully saturated rings. The number of rotatable bonds is 4. The van der Waals surface area contributed by atoms with Gasteiger partial charge in [-0.1, -0.05) is 12.2 Å². The lowest BCUT2D eigenvalue weighted by molar-refractivity contribution is 0.0958. The Morgan fingerprint density at radius 3 is 2.82 bits per heavy atom. The molecule has 34 heavy (non-hydrogen) atoms. The van der Waals surface area contributed by atoms with Crippen molar-refractivity contribution in [2.24, 2.45) is 5.41 Å². The Labute approximate surface area is 199 Å². The number of nitrogens with one attached hydrogen (secondary N) is 3. The van der Waals surface area contributed by atoms with E-state index in [9.17, 15) is 9.59 Å². The summed E-state index contributed by atoms with van der Waals surface area (Å²) in [7, 11) is 0. The summed E-state index contributed by atoms with van der Waals surface area (Å²) in [5, 5.41) is 20.0. The summed E-state index contributed by atoms with van der Waals surface area (Å²) in [6.07, 6.45) is 9.69. The molecule has 3 heterocycles. The van der Waals surface area contributed by atoms with Crippen molar-refractivity contribution in [3.05, 3.63) is 53.0 Å². The zero-order valence-corrected chi connectivity index (χ0v) is 20.0. The Kier molecular flexibility index (Phi) is 6.54. The number of amides is 2. The summed E-state index contributed by atoms with van der Waals surface area (Å²) in [6, 6.07) is 1.87. The lowest BCUT2D eigenvalue weighted by Gasteiger charge is -2.37. The fourth-order valence-corrected chi connectivity index (χ4v) is 4.77. The zero-order chi connectivity index (χ0) is 24.5. The van der Waals surface area contributed by atoms with Gasteiger partial charge in [-0.25, -0.2) is 4.79 Å². The highest BCUT2D eigenvalue weighted by Crippen LogP contribution is 2.35. The number of hydrogen-bond acceptors (Lipinski definition) is 6. The number of nitrogens with zero attached hydrogens (tertiary/aromatic N) is 3. The number of amidine groups is 2. The minimum absolute atomic E-state index is 0.128. The lowest BCUT2D eigenvalue weighted by Crippen LogP contribution is -2.46. The van der Waals surface area contributed by atoms with Crippen LogP contribution in [-0.2, 0) is 17.7 Å².